The molecule has 4 fully saturated rings. The summed E-state index contributed by atoms with van der Waals surface area (Å²) in [4.78, 5) is 0. The van der Waals surface area contributed by atoms with Crippen LogP contribution in [-0.4, -0.2) is 5.54 Å². The quantitative estimate of drug-likeness (QED) is 0.479. The summed E-state index contributed by atoms with van der Waals surface area (Å²) >= 11 is 13.0. The summed E-state index contributed by atoms with van der Waals surface area (Å²) in [5.74, 6) is 1.61. The van der Waals surface area contributed by atoms with Gasteiger partial charge in [0.2, 0.25) is 0 Å². The molecule has 4 aliphatic carbocycles. The second kappa shape index (κ2) is 7.68. The predicted molar refractivity (Wildman–Crippen MR) is 129 cm³/mol. The second-order valence-corrected chi connectivity index (χ2v) is 12.3. The molecule has 4 aliphatic rings. The number of benzene rings is 2. The molecule has 2 unspecified atom stereocenters. The molecule has 0 saturated heterocycles. The lowest BCUT2D eigenvalue weighted by molar-refractivity contribution is -0.118. The van der Waals surface area contributed by atoms with Gasteiger partial charge in [0.05, 0.1) is 5.02 Å². The first kappa shape index (κ1) is 21.6. The van der Waals surface area contributed by atoms with Gasteiger partial charge in [-0.05, 0) is 79.9 Å². The Kier molecular flexibility index (Phi) is 5.35. The highest BCUT2D eigenvalue weighted by Crippen LogP contribution is 2.66. The van der Waals surface area contributed by atoms with E-state index in [9.17, 15) is 0 Å². The van der Waals surface area contributed by atoms with Gasteiger partial charge in [0.1, 0.15) is 12.4 Å². The largest absolute Gasteiger partial charge is 0.487 e. The predicted octanol–water partition coefficient (Wildman–Crippen LogP) is 7.72. The fraction of sp³-hybridized carbons (Fsp3) is 0.556. The third-order valence-electron chi connectivity index (χ3n) is 7.87. The van der Waals surface area contributed by atoms with Crippen molar-refractivity contribution in [2.24, 2.45) is 16.7 Å². The maximum atomic E-state index is 6.59. The van der Waals surface area contributed by atoms with Crippen LogP contribution in [-0.2, 0) is 13.2 Å². The average Bonchev–Trinajstić information content (AvgIpc) is 2.64. The van der Waals surface area contributed by atoms with Crippen LogP contribution in [0.3, 0.4) is 0 Å². The van der Waals surface area contributed by atoms with Gasteiger partial charge in [-0.2, -0.15) is 0 Å². The third-order valence-corrected chi connectivity index (χ3v) is 8.37. The van der Waals surface area contributed by atoms with Gasteiger partial charge in [0.15, 0.2) is 0 Å². The molecular weight excluding hydrogens is 425 g/mol. The normalized spacial score (nSPS) is 33.6. The van der Waals surface area contributed by atoms with Crippen molar-refractivity contribution in [1.29, 1.82) is 0 Å². The number of hydrogen-bond donors (Lipinski definition) is 1. The minimum absolute atomic E-state index is 0.228. The molecule has 2 aromatic carbocycles. The van der Waals surface area contributed by atoms with Gasteiger partial charge < -0.3 is 10.1 Å². The van der Waals surface area contributed by atoms with E-state index in [0.717, 1.165) is 29.3 Å². The summed E-state index contributed by atoms with van der Waals surface area (Å²) in [5, 5.41) is 5.24. The van der Waals surface area contributed by atoms with Crippen molar-refractivity contribution in [2.75, 3.05) is 0 Å². The molecule has 6 rings (SSSR count). The van der Waals surface area contributed by atoms with E-state index in [4.69, 9.17) is 27.9 Å². The van der Waals surface area contributed by atoms with Gasteiger partial charge in [0, 0.05) is 22.7 Å². The summed E-state index contributed by atoms with van der Waals surface area (Å²) in [5.41, 5.74) is 4.63. The van der Waals surface area contributed by atoms with Crippen molar-refractivity contribution in [3.63, 3.8) is 0 Å². The Bertz CT molecular complexity index is 967. The van der Waals surface area contributed by atoms with Crippen molar-refractivity contribution >= 4 is 23.2 Å². The molecule has 4 atom stereocenters. The summed E-state index contributed by atoms with van der Waals surface area (Å²) in [6, 6.07) is 12.2. The molecular formula is C27H33Cl2NO. The molecule has 166 valence electrons. The molecule has 0 spiro atoms. The highest BCUT2D eigenvalue weighted by Gasteiger charge is 2.59. The number of ether oxygens (including phenoxy) is 1. The minimum atomic E-state index is 0.228. The fourth-order valence-electron chi connectivity index (χ4n) is 7.67. The Hall–Kier alpha value is -1.22. The maximum absolute atomic E-state index is 6.59. The van der Waals surface area contributed by atoms with Crippen molar-refractivity contribution in [1.82, 2.24) is 5.32 Å². The highest BCUT2D eigenvalue weighted by molar-refractivity contribution is 6.35. The summed E-state index contributed by atoms with van der Waals surface area (Å²) in [7, 11) is 0. The first-order valence-electron chi connectivity index (χ1n) is 11.6. The van der Waals surface area contributed by atoms with Crippen LogP contribution in [0.2, 0.25) is 10.0 Å². The molecule has 0 aliphatic heterocycles. The lowest BCUT2D eigenvalue weighted by Crippen LogP contribution is -2.63. The minimum Gasteiger partial charge on any atom is -0.487 e. The van der Waals surface area contributed by atoms with E-state index >= 15 is 0 Å². The van der Waals surface area contributed by atoms with Crippen LogP contribution >= 0.6 is 23.2 Å². The number of rotatable bonds is 6. The van der Waals surface area contributed by atoms with E-state index in [1.165, 1.54) is 44.1 Å². The molecule has 4 bridgehead atoms. The smallest absolute Gasteiger partial charge is 0.142 e. The zero-order chi connectivity index (χ0) is 21.9. The molecule has 0 heterocycles. The van der Waals surface area contributed by atoms with Crippen molar-refractivity contribution < 1.29 is 4.74 Å². The van der Waals surface area contributed by atoms with Crippen LogP contribution in [0.1, 0.15) is 69.1 Å². The highest BCUT2D eigenvalue weighted by atomic mass is 35.5. The number of hydrogen-bond acceptors (Lipinski definition) is 2. The third kappa shape index (κ3) is 4.36. The molecule has 31 heavy (non-hydrogen) atoms. The van der Waals surface area contributed by atoms with Crippen LogP contribution < -0.4 is 10.1 Å². The van der Waals surface area contributed by atoms with Crippen molar-refractivity contribution in [3.05, 3.63) is 63.1 Å². The second-order valence-electron chi connectivity index (χ2n) is 11.4. The fourth-order valence-corrected chi connectivity index (χ4v) is 8.26. The number of halogens is 2. The van der Waals surface area contributed by atoms with Crippen LogP contribution in [0, 0.1) is 23.7 Å². The maximum Gasteiger partial charge on any atom is 0.142 e. The Morgan fingerprint density at radius 2 is 1.65 bits per heavy atom. The standard InChI is InChI=1S/C27H33Cl2NO/c1-18-4-6-19(7-5-18)14-31-24-21(8-22(28)9-23(24)29)13-30-27-12-20-10-25(2,16-27)15-26(3,11-20)17-27/h4-9,20,30H,10-17H2,1-3H3/t20?,25-,26+,27?. The zero-order valence-electron chi connectivity index (χ0n) is 18.9. The van der Waals surface area contributed by atoms with E-state index in [1.807, 2.05) is 6.07 Å². The molecule has 0 radical (unpaired) electrons. The first-order valence-corrected chi connectivity index (χ1v) is 12.3. The summed E-state index contributed by atoms with van der Waals surface area (Å²) < 4.78 is 6.23. The van der Waals surface area contributed by atoms with Gasteiger partial charge in [0.25, 0.3) is 0 Å². The summed E-state index contributed by atoms with van der Waals surface area (Å²) in [6.07, 6.45) is 8.04. The van der Waals surface area contributed by atoms with E-state index in [-0.39, 0.29) is 5.54 Å². The van der Waals surface area contributed by atoms with Gasteiger partial charge in [-0.15, -0.1) is 0 Å². The van der Waals surface area contributed by atoms with Gasteiger partial charge in [-0.25, -0.2) is 0 Å². The molecule has 1 N–H and O–H groups in total. The van der Waals surface area contributed by atoms with Crippen molar-refractivity contribution in [3.8, 4) is 5.75 Å². The van der Waals surface area contributed by atoms with E-state index < -0.39 is 0 Å². The SMILES string of the molecule is Cc1ccc(COc2c(Cl)cc(Cl)cc2CNC23CC4C[C@@](C)(C2)C[C@](C)(C4)C3)cc1. The van der Waals surface area contributed by atoms with E-state index in [1.54, 1.807) is 6.07 Å². The zero-order valence-corrected chi connectivity index (χ0v) is 20.4. The van der Waals surface area contributed by atoms with Crippen molar-refractivity contribution in [2.45, 2.75) is 78.0 Å². The molecule has 0 amide bonds. The monoisotopic (exact) mass is 457 g/mol. The van der Waals surface area contributed by atoms with Crippen LogP contribution in [0.15, 0.2) is 36.4 Å². The average molecular weight is 458 g/mol. The lowest BCUT2D eigenvalue weighted by Gasteiger charge is -2.65. The number of aryl methyl sites for hydroxylation is 1. The molecule has 2 aromatic rings. The Labute approximate surface area is 196 Å². The Morgan fingerprint density at radius 1 is 0.968 bits per heavy atom. The van der Waals surface area contributed by atoms with Gasteiger partial charge in [-0.3, -0.25) is 0 Å². The number of nitrogens with one attached hydrogen (secondary N) is 1. The van der Waals surface area contributed by atoms with Crippen LogP contribution in [0.5, 0.6) is 5.75 Å². The molecule has 2 nitrogen and oxygen atoms in total. The first-order chi connectivity index (χ1) is 14.6. The lowest BCUT2D eigenvalue weighted by atomic mass is 9.43. The Morgan fingerprint density at radius 3 is 2.29 bits per heavy atom. The summed E-state index contributed by atoms with van der Waals surface area (Å²) in [6.45, 7) is 8.35. The van der Waals surface area contributed by atoms with Crippen LogP contribution in [0.25, 0.3) is 0 Å². The van der Waals surface area contributed by atoms with Crippen LogP contribution in [0.4, 0.5) is 0 Å². The molecule has 4 saturated carbocycles. The van der Waals surface area contributed by atoms with Gasteiger partial charge >= 0.3 is 0 Å². The molecule has 4 heteroatoms. The van der Waals surface area contributed by atoms with E-state index in [2.05, 4.69) is 50.4 Å². The topological polar surface area (TPSA) is 21.3 Å². The van der Waals surface area contributed by atoms with E-state index in [0.29, 0.717) is 27.5 Å². The Balaban J connectivity index is 1.35. The van der Waals surface area contributed by atoms with Gasteiger partial charge in [-0.1, -0.05) is 66.9 Å². The molecule has 0 aromatic heterocycles.